The summed E-state index contributed by atoms with van der Waals surface area (Å²) in [5.74, 6) is 0.143. The fourth-order valence-electron chi connectivity index (χ4n) is 1.87. The number of ether oxygens (including phenoxy) is 1. The number of nitriles is 1. The van der Waals surface area contributed by atoms with Crippen LogP contribution in [-0.2, 0) is 0 Å². The Labute approximate surface area is 123 Å². The first kappa shape index (κ1) is 14.6. The Bertz CT molecular complexity index is 658. The molecule has 6 nitrogen and oxygen atoms in total. The fraction of sp³-hybridized carbons (Fsp3) is 0.267. The predicted molar refractivity (Wildman–Crippen MR) is 77.3 cm³/mol. The molecule has 2 rings (SSSR count). The Balaban J connectivity index is 2.30. The van der Waals surface area contributed by atoms with Crippen molar-refractivity contribution in [3.63, 3.8) is 0 Å². The molecule has 0 fully saturated rings. The molecule has 1 aromatic heterocycles. The van der Waals surface area contributed by atoms with E-state index in [-0.39, 0.29) is 18.0 Å². The van der Waals surface area contributed by atoms with E-state index in [1.807, 2.05) is 36.4 Å². The second kappa shape index (κ2) is 6.57. The molecule has 2 aromatic rings. The summed E-state index contributed by atoms with van der Waals surface area (Å²) in [7, 11) is 3.14. The van der Waals surface area contributed by atoms with E-state index in [9.17, 15) is 4.79 Å². The fourth-order valence-corrected chi connectivity index (χ4v) is 1.87. The highest BCUT2D eigenvalue weighted by atomic mass is 16.5. The Morgan fingerprint density at radius 3 is 2.76 bits per heavy atom. The van der Waals surface area contributed by atoms with Gasteiger partial charge in [-0.25, -0.2) is 4.68 Å². The second-order valence-electron chi connectivity index (χ2n) is 4.46. The van der Waals surface area contributed by atoms with E-state index >= 15 is 0 Å². The molecule has 1 aromatic carbocycles. The van der Waals surface area contributed by atoms with Crippen molar-refractivity contribution in [3.8, 4) is 17.5 Å². The van der Waals surface area contributed by atoms with E-state index in [0.717, 1.165) is 5.69 Å². The van der Waals surface area contributed by atoms with Gasteiger partial charge in [0.05, 0.1) is 31.5 Å². The molecule has 0 saturated carbocycles. The number of hydrogen-bond donors (Lipinski definition) is 0. The topological polar surface area (TPSA) is 71.2 Å². The van der Waals surface area contributed by atoms with Crippen LogP contribution >= 0.6 is 0 Å². The quantitative estimate of drug-likeness (QED) is 0.840. The second-order valence-corrected chi connectivity index (χ2v) is 4.46. The summed E-state index contributed by atoms with van der Waals surface area (Å²) >= 11 is 0. The first-order chi connectivity index (χ1) is 10.2. The van der Waals surface area contributed by atoms with Crippen molar-refractivity contribution in [2.45, 2.75) is 6.42 Å². The summed E-state index contributed by atoms with van der Waals surface area (Å²) in [4.78, 5) is 13.8. The van der Waals surface area contributed by atoms with E-state index in [1.165, 1.54) is 12.0 Å². The number of amides is 1. The number of para-hydroxylation sites is 1. The molecule has 0 atom stereocenters. The average molecular weight is 284 g/mol. The van der Waals surface area contributed by atoms with Gasteiger partial charge in [-0.2, -0.15) is 10.4 Å². The van der Waals surface area contributed by atoms with E-state index in [0.29, 0.717) is 12.3 Å². The summed E-state index contributed by atoms with van der Waals surface area (Å²) in [5, 5.41) is 12.9. The van der Waals surface area contributed by atoms with Crippen molar-refractivity contribution in [2.24, 2.45) is 0 Å². The molecule has 0 unspecified atom stereocenters. The molecule has 0 aliphatic heterocycles. The van der Waals surface area contributed by atoms with Crippen molar-refractivity contribution in [1.82, 2.24) is 14.7 Å². The lowest BCUT2D eigenvalue weighted by atomic mass is 10.3. The highest BCUT2D eigenvalue weighted by molar-refractivity contribution is 5.94. The molecule has 1 heterocycles. The minimum atomic E-state index is -0.267. The number of carbonyl (C=O) groups is 1. The van der Waals surface area contributed by atoms with Crippen LogP contribution in [0.4, 0.5) is 0 Å². The summed E-state index contributed by atoms with van der Waals surface area (Å²) in [5.41, 5.74) is 1.08. The lowest BCUT2D eigenvalue weighted by Gasteiger charge is -2.14. The molecule has 0 saturated heterocycles. The first-order valence-electron chi connectivity index (χ1n) is 6.49. The normalized spacial score (nSPS) is 9.95. The summed E-state index contributed by atoms with van der Waals surface area (Å²) in [6.45, 7) is 0.358. The third kappa shape index (κ3) is 3.20. The van der Waals surface area contributed by atoms with E-state index in [2.05, 4.69) is 5.10 Å². The third-order valence-corrected chi connectivity index (χ3v) is 3.03. The van der Waals surface area contributed by atoms with E-state index in [1.54, 1.807) is 17.9 Å². The zero-order valence-electron chi connectivity index (χ0n) is 12.0. The van der Waals surface area contributed by atoms with Gasteiger partial charge in [0.1, 0.15) is 0 Å². The molecule has 0 N–H and O–H groups in total. The molecule has 6 heteroatoms. The Morgan fingerprint density at radius 2 is 2.14 bits per heavy atom. The van der Waals surface area contributed by atoms with Crippen LogP contribution in [0.25, 0.3) is 5.69 Å². The van der Waals surface area contributed by atoms with Gasteiger partial charge in [0.15, 0.2) is 11.4 Å². The molecular formula is C15H16N4O2. The number of benzene rings is 1. The Morgan fingerprint density at radius 1 is 1.43 bits per heavy atom. The van der Waals surface area contributed by atoms with Crippen LogP contribution < -0.4 is 4.74 Å². The first-order valence-corrected chi connectivity index (χ1v) is 6.49. The van der Waals surface area contributed by atoms with Gasteiger partial charge in [-0.3, -0.25) is 4.79 Å². The standard InChI is InChI=1S/C15H16N4O2/c1-18(10-6-9-16)15(20)14-13(21-2)11-19(17-14)12-7-4-3-5-8-12/h3-5,7-8,11H,6,10H2,1-2H3. The van der Waals surface area contributed by atoms with Crippen LogP contribution in [0.5, 0.6) is 5.75 Å². The number of carbonyl (C=O) groups excluding carboxylic acids is 1. The third-order valence-electron chi connectivity index (χ3n) is 3.03. The molecule has 0 radical (unpaired) electrons. The molecule has 0 bridgehead atoms. The monoisotopic (exact) mass is 284 g/mol. The van der Waals surface area contributed by atoms with Crippen LogP contribution in [0.2, 0.25) is 0 Å². The van der Waals surface area contributed by atoms with Gasteiger partial charge in [0, 0.05) is 13.6 Å². The molecule has 0 aliphatic rings. The van der Waals surface area contributed by atoms with Crippen LogP contribution in [0, 0.1) is 11.3 Å². The molecular weight excluding hydrogens is 268 g/mol. The SMILES string of the molecule is COc1cn(-c2ccccc2)nc1C(=O)N(C)CCC#N. The molecule has 108 valence electrons. The number of aromatic nitrogens is 2. The van der Waals surface area contributed by atoms with Crippen LogP contribution in [0.3, 0.4) is 0 Å². The Hall–Kier alpha value is -2.81. The lowest BCUT2D eigenvalue weighted by Crippen LogP contribution is -2.28. The van der Waals surface area contributed by atoms with Gasteiger partial charge in [-0.05, 0) is 12.1 Å². The van der Waals surface area contributed by atoms with Crippen molar-refractivity contribution < 1.29 is 9.53 Å². The van der Waals surface area contributed by atoms with Gasteiger partial charge in [-0.15, -0.1) is 0 Å². The van der Waals surface area contributed by atoms with E-state index in [4.69, 9.17) is 10.00 Å². The van der Waals surface area contributed by atoms with Gasteiger partial charge in [0.25, 0.3) is 5.91 Å². The summed E-state index contributed by atoms with van der Waals surface area (Å²) in [6, 6.07) is 11.5. The maximum Gasteiger partial charge on any atom is 0.278 e. The summed E-state index contributed by atoms with van der Waals surface area (Å²) in [6.07, 6.45) is 1.95. The molecule has 0 aliphatic carbocycles. The van der Waals surface area contributed by atoms with Crippen LogP contribution in [-0.4, -0.2) is 41.3 Å². The lowest BCUT2D eigenvalue weighted by molar-refractivity contribution is 0.0788. The average Bonchev–Trinajstić information content (AvgIpc) is 2.97. The zero-order valence-corrected chi connectivity index (χ0v) is 12.0. The van der Waals surface area contributed by atoms with Gasteiger partial charge in [-0.1, -0.05) is 18.2 Å². The van der Waals surface area contributed by atoms with Crippen molar-refractivity contribution in [1.29, 1.82) is 5.26 Å². The number of nitrogens with zero attached hydrogens (tertiary/aromatic N) is 4. The number of rotatable bonds is 5. The molecule has 21 heavy (non-hydrogen) atoms. The van der Waals surface area contributed by atoms with Crippen LogP contribution in [0.1, 0.15) is 16.9 Å². The van der Waals surface area contributed by atoms with Gasteiger partial charge < -0.3 is 9.64 Å². The maximum absolute atomic E-state index is 12.3. The van der Waals surface area contributed by atoms with Gasteiger partial charge in [0.2, 0.25) is 0 Å². The van der Waals surface area contributed by atoms with Crippen molar-refractivity contribution >= 4 is 5.91 Å². The van der Waals surface area contributed by atoms with Crippen molar-refractivity contribution in [2.75, 3.05) is 20.7 Å². The minimum Gasteiger partial charge on any atom is -0.493 e. The maximum atomic E-state index is 12.3. The highest BCUT2D eigenvalue weighted by Gasteiger charge is 2.21. The van der Waals surface area contributed by atoms with Crippen LogP contribution in [0.15, 0.2) is 36.5 Å². The highest BCUT2D eigenvalue weighted by Crippen LogP contribution is 2.20. The summed E-state index contributed by atoms with van der Waals surface area (Å²) < 4.78 is 6.83. The van der Waals surface area contributed by atoms with Crippen molar-refractivity contribution in [3.05, 3.63) is 42.2 Å². The smallest absolute Gasteiger partial charge is 0.278 e. The van der Waals surface area contributed by atoms with Gasteiger partial charge >= 0.3 is 0 Å². The zero-order chi connectivity index (χ0) is 15.2. The predicted octanol–water partition coefficient (Wildman–Crippen LogP) is 1.87. The molecule has 1 amide bonds. The molecule has 0 spiro atoms. The van der Waals surface area contributed by atoms with E-state index < -0.39 is 0 Å². The largest absolute Gasteiger partial charge is 0.493 e. The number of hydrogen-bond acceptors (Lipinski definition) is 4. The number of methoxy groups -OCH3 is 1. The minimum absolute atomic E-state index is 0.238. The Kier molecular flexibility index (Phi) is 4.57.